The van der Waals surface area contributed by atoms with Gasteiger partial charge in [-0.1, -0.05) is 39.0 Å². The number of unbranched alkanes of at least 4 members (excludes halogenated alkanes) is 5. The first kappa shape index (κ1) is 12.3. The van der Waals surface area contributed by atoms with Crippen molar-refractivity contribution in [3.05, 3.63) is 24.0 Å². The molecule has 0 radical (unpaired) electrons. The average molecular weight is 208 g/mol. The number of hydrogen-bond acceptors (Lipinski definition) is 1. The fourth-order valence-corrected chi connectivity index (χ4v) is 1.92. The molecule has 0 saturated heterocycles. The van der Waals surface area contributed by atoms with Crippen molar-refractivity contribution in [2.24, 2.45) is 5.73 Å². The Bertz CT molecular complexity index is 253. The molecule has 0 unspecified atom stereocenters. The number of nitrogens with two attached hydrogens (primary N) is 1. The Balaban J connectivity index is 2.09. The van der Waals surface area contributed by atoms with Crippen molar-refractivity contribution in [2.75, 3.05) is 0 Å². The summed E-state index contributed by atoms with van der Waals surface area (Å²) in [6.07, 6.45) is 10.3. The van der Waals surface area contributed by atoms with E-state index in [9.17, 15) is 0 Å². The molecule has 0 bridgehead atoms. The summed E-state index contributed by atoms with van der Waals surface area (Å²) in [5, 5.41) is 0. The van der Waals surface area contributed by atoms with Gasteiger partial charge in [-0.05, 0) is 18.6 Å². The molecule has 1 rings (SSSR count). The molecule has 0 saturated carbocycles. The zero-order chi connectivity index (χ0) is 10.9. The van der Waals surface area contributed by atoms with E-state index in [0.29, 0.717) is 6.54 Å². The molecule has 1 aromatic heterocycles. The lowest BCUT2D eigenvalue weighted by Crippen LogP contribution is -2.06. The fourth-order valence-electron chi connectivity index (χ4n) is 1.92. The summed E-state index contributed by atoms with van der Waals surface area (Å²) in [5.41, 5.74) is 6.90. The lowest BCUT2D eigenvalue weighted by Gasteiger charge is -2.07. The van der Waals surface area contributed by atoms with Gasteiger partial charge >= 0.3 is 0 Å². The van der Waals surface area contributed by atoms with E-state index in [1.165, 1.54) is 44.2 Å². The Hall–Kier alpha value is -0.760. The number of aryl methyl sites for hydroxylation is 1. The molecule has 0 aromatic carbocycles. The zero-order valence-corrected chi connectivity index (χ0v) is 9.91. The smallest absolute Gasteiger partial charge is 0.0334 e. The van der Waals surface area contributed by atoms with Gasteiger partial charge in [0.25, 0.3) is 0 Å². The van der Waals surface area contributed by atoms with Crippen LogP contribution in [0.1, 0.15) is 51.1 Å². The van der Waals surface area contributed by atoms with Crippen molar-refractivity contribution in [3.63, 3.8) is 0 Å². The summed E-state index contributed by atoms with van der Waals surface area (Å²) >= 11 is 0. The monoisotopic (exact) mass is 208 g/mol. The van der Waals surface area contributed by atoms with Crippen LogP contribution >= 0.6 is 0 Å². The zero-order valence-electron chi connectivity index (χ0n) is 9.91. The predicted octanol–water partition coefficient (Wildman–Crippen LogP) is 3.31. The Labute approximate surface area is 93.5 Å². The molecule has 2 nitrogen and oxygen atoms in total. The molecule has 0 amide bonds. The normalized spacial score (nSPS) is 10.8. The highest BCUT2D eigenvalue weighted by molar-refractivity contribution is 5.06. The lowest BCUT2D eigenvalue weighted by molar-refractivity contribution is 0.549. The van der Waals surface area contributed by atoms with Gasteiger partial charge in [-0.3, -0.25) is 0 Å². The third kappa shape index (κ3) is 4.52. The van der Waals surface area contributed by atoms with Crippen LogP contribution in [0.5, 0.6) is 0 Å². The van der Waals surface area contributed by atoms with Crippen LogP contribution < -0.4 is 5.73 Å². The maximum atomic E-state index is 5.64. The van der Waals surface area contributed by atoms with E-state index in [4.69, 9.17) is 5.73 Å². The maximum absolute atomic E-state index is 5.64. The van der Waals surface area contributed by atoms with Gasteiger partial charge in [-0.2, -0.15) is 0 Å². The molecule has 2 heteroatoms. The molecule has 0 atom stereocenters. The highest BCUT2D eigenvalue weighted by Gasteiger charge is 1.97. The van der Waals surface area contributed by atoms with E-state index in [0.717, 1.165) is 6.54 Å². The first-order valence-electron chi connectivity index (χ1n) is 6.22. The van der Waals surface area contributed by atoms with Crippen molar-refractivity contribution >= 4 is 0 Å². The van der Waals surface area contributed by atoms with Crippen LogP contribution in [0, 0.1) is 0 Å². The van der Waals surface area contributed by atoms with Crippen LogP contribution in [-0.4, -0.2) is 4.57 Å². The Morgan fingerprint density at radius 1 is 1.13 bits per heavy atom. The van der Waals surface area contributed by atoms with Crippen molar-refractivity contribution in [1.82, 2.24) is 4.57 Å². The molecule has 15 heavy (non-hydrogen) atoms. The summed E-state index contributed by atoms with van der Waals surface area (Å²) in [6, 6.07) is 4.19. The van der Waals surface area contributed by atoms with Crippen LogP contribution in [-0.2, 0) is 13.1 Å². The number of hydrogen-bond donors (Lipinski definition) is 1. The summed E-state index contributed by atoms with van der Waals surface area (Å²) < 4.78 is 2.28. The Kier molecular flexibility index (Phi) is 6.17. The quantitative estimate of drug-likeness (QED) is 0.653. The molecule has 86 valence electrons. The summed E-state index contributed by atoms with van der Waals surface area (Å²) in [5.74, 6) is 0. The number of aromatic nitrogens is 1. The van der Waals surface area contributed by atoms with Gasteiger partial charge in [0.15, 0.2) is 0 Å². The number of nitrogens with zero attached hydrogens (tertiary/aromatic N) is 1. The first-order chi connectivity index (χ1) is 7.38. The molecule has 0 aliphatic carbocycles. The van der Waals surface area contributed by atoms with Gasteiger partial charge in [0.05, 0.1) is 0 Å². The maximum Gasteiger partial charge on any atom is 0.0334 e. The van der Waals surface area contributed by atoms with Gasteiger partial charge in [0.2, 0.25) is 0 Å². The van der Waals surface area contributed by atoms with Crippen LogP contribution in [0.2, 0.25) is 0 Å². The van der Waals surface area contributed by atoms with E-state index in [-0.39, 0.29) is 0 Å². The largest absolute Gasteiger partial charge is 0.350 e. The molecule has 1 aromatic rings. The van der Waals surface area contributed by atoms with E-state index in [1.807, 2.05) is 0 Å². The van der Waals surface area contributed by atoms with E-state index >= 15 is 0 Å². The lowest BCUT2D eigenvalue weighted by atomic mass is 10.1. The Morgan fingerprint density at radius 2 is 1.87 bits per heavy atom. The van der Waals surface area contributed by atoms with Crippen LogP contribution in [0.25, 0.3) is 0 Å². The minimum atomic E-state index is 0.656. The van der Waals surface area contributed by atoms with Crippen molar-refractivity contribution in [3.8, 4) is 0 Å². The third-order valence-electron chi connectivity index (χ3n) is 2.89. The molecule has 2 N–H and O–H groups in total. The minimum Gasteiger partial charge on any atom is -0.350 e. The van der Waals surface area contributed by atoms with E-state index in [2.05, 4.69) is 29.8 Å². The van der Waals surface area contributed by atoms with Gasteiger partial charge in [-0.25, -0.2) is 0 Å². The fraction of sp³-hybridized carbons (Fsp3) is 0.692. The topological polar surface area (TPSA) is 30.9 Å². The standard InChI is InChI=1S/C13H24N2/c1-2-3-4-5-6-7-10-15-11-8-9-13(15)12-14/h8-9,11H,2-7,10,12,14H2,1H3. The van der Waals surface area contributed by atoms with Crippen LogP contribution in [0.15, 0.2) is 18.3 Å². The first-order valence-corrected chi connectivity index (χ1v) is 6.22. The van der Waals surface area contributed by atoms with Gasteiger partial charge in [-0.15, -0.1) is 0 Å². The van der Waals surface area contributed by atoms with Gasteiger partial charge in [0.1, 0.15) is 0 Å². The molecule has 0 spiro atoms. The highest BCUT2D eigenvalue weighted by atomic mass is 15.0. The molecule has 0 fully saturated rings. The summed E-state index contributed by atoms with van der Waals surface area (Å²) in [7, 11) is 0. The molecule has 0 aliphatic rings. The van der Waals surface area contributed by atoms with Crippen molar-refractivity contribution in [2.45, 2.75) is 58.5 Å². The van der Waals surface area contributed by atoms with E-state index in [1.54, 1.807) is 0 Å². The third-order valence-corrected chi connectivity index (χ3v) is 2.89. The van der Waals surface area contributed by atoms with Crippen molar-refractivity contribution < 1.29 is 0 Å². The SMILES string of the molecule is CCCCCCCCn1cccc1CN. The second kappa shape index (κ2) is 7.52. The molecule has 1 heterocycles. The predicted molar refractivity (Wildman–Crippen MR) is 65.7 cm³/mol. The molecule has 0 aliphatic heterocycles. The van der Waals surface area contributed by atoms with Gasteiger partial charge in [0, 0.05) is 25.0 Å². The second-order valence-electron chi connectivity index (χ2n) is 4.16. The minimum absolute atomic E-state index is 0.656. The Morgan fingerprint density at radius 3 is 2.60 bits per heavy atom. The number of rotatable bonds is 8. The summed E-state index contributed by atoms with van der Waals surface area (Å²) in [4.78, 5) is 0. The van der Waals surface area contributed by atoms with Crippen molar-refractivity contribution in [1.29, 1.82) is 0 Å². The van der Waals surface area contributed by atoms with Crippen LogP contribution in [0.3, 0.4) is 0 Å². The van der Waals surface area contributed by atoms with Gasteiger partial charge < -0.3 is 10.3 Å². The average Bonchev–Trinajstić information content (AvgIpc) is 2.70. The highest BCUT2D eigenvalue weighted by Crippen LogP contribution is 2.08. The van der Waals surface area contributed by atoms with E-state index < -0.39 is 0 Å². The summed E-state index contributed by atoms with van der Waals surface area (Å²) in [6.45, 7) is 4.04. The molecular formula is C13H24N2. The molecular weight excluding hydrogens is 184 g/mol. The van der Waals surface area contributed by atoms with Crippen LogP contribution in [0.4, 0.5) is 0 Å². The second-order valence-corrected chi connectivity index (χ2v) is 4.16.